The first-order chi connectivity index (χ1) is 6.57. The molecule has 6 heteroatoms. The van der Waals surface area contributed by atoms with Crippen LogP contribution in [-0.4, -0.2) is 15.1 Å². The van der Waals surface area contributed by atoms with Gasteiger partial charge in [0.15, 0.2) is 0 Å². The molecule has 2 rings (SSSR count). The number of nitrogens with one attached hydrogen (secondary N) is 2. The Balaban J connectivity index is 2.49. The van der Waals surface area contributed by atoms with Gasteiger partial charge in [0.2, 0.25) is 0 Å². The van der Waals surface area contributed by atoms with Crippen LogP contribution in [0.4, 0.5) is 5.69 Å². The number of fused-ring (bicyclic) bond motifs is 1. The van der Waals surface area contributed by atoms with Crippen molar-refractivity contribution in [2.45, 2.75) is 11.4 Å². The fourth-order valence-electron chi connectivity index (χ4n) is 1.40. The standard InChI is InChI=1S/C8H9ClN2O2S/c9-14(12,13)7-1-2-8-6(3-7)4-10-5-11-8/h1-3,10-11H,4-5H2. The summed E-state index contributed by atoms with van der Waals surface area (Å²) >= 11 is 0. The van der Waals surface area contributed by atoms with Gasteiger partial charge in [-0.25, -0.2) is 8.42 Å². The van der Waals surface area contributed by atoms with Crippen molar-refractivity contribution in [1.82, 2.24) is 5.32 Å². The Morgan fingerprint density at radius 3 is 2.86 bits per heavy atom. The number of hydrogen-bond acceptors (Lipinski definition) is 4. The zero-order valence-electron chi connectivity index (χ0n) is 7.25. The summed E-state index contributed by atoms with van der Waals surface area (Å²) in [6, 6.07) is 4.81. The van der Waals surface area contributed by atoms with E-state index in [0.29, 0.717) is 13.2 Å². The Morgan fingerprint density at radius 1 is 1.36 bits per heavy atom. The molecule has 0 aliphatic carbocycles. The van der Waals surface area contributed by atoms with Gasteiger partial charge >= 0.3 is 0 Å². The highest BCUT2D eigenvalue weighted by Gasteiger charge is 2.14. The normalized spacial score (nSPS) is 15.8. The Hall–Kier alpha value is -0.780. The second-order valence-electron chi connectivity index (χ2n) is 3.04. The molecule has 0 unspecified atom stereocenters. The monoisotopic (exact) mass is 232 g/mol. The summed E-state index contributed by atoms with van der Waals surface area (Å²) < 4.78 is 22.1. The van der Waals surface area contributed by atoms with Crippen LogP contribution in [0, 0.1) is 0 Å². The van der Waals surface area contributed by atoms with Crippen LogP contribution in [0.1, 0.15) is 5.56 Å². The van der Waals surface area contributed by atoms with Crippen LogP contribution < -0.4 is 10.6 Å². The van der Waals surface area contributed by atoms with E-state index < -0.39 is 9.05 Å². The van der Waals surface area contributed by atoms with E-state index in [-0.39, 0.29) is 4.90 Å². The number of rotatable bonds is 1. The number of benzene rings is 1. The molecule has 4 nitrogen and oxygen atoms in total. The summed E-state index contributed by atoms with van der Waals surface area (Å²) in [5, 5.41) is 6.16. The summed E-state index contributed by atoms with van der Waals surface area (Å²) in [5.74, 6) is 0. The predicted molar refractivity (Wildman–Crippen MR) is 54.8 cm³/mol. The molecule has 0 atom stereocenters. The lowest BCUT2D eigenvalue weighted by molar-refractivity contribution is 0.609. The molecule has 14 heavy (non-hydrogen) atoms. The van der Waals surface area contributed by atoms with Crippen molar-refractivity contribution >= 4 is 25.4 Å². The van der Waals surface area contributed by atoms with E-state index in [4.69, 9.17) is 10.7 Å². The highest BCUT2D eigenvalue weighted by Crippen LogP contribution is 2.23. The fraction of sp³-hybridized carbons (Fsp3) is 0.250. The van der Waals surface area contributed by atoms with Gasteiger partial charge in [0.25, 0.3) is 9.05 Å². The van der Waals surface area contributed by atoms with Gasteiger partial charge in [0.1, 0.15) is 0 Å². The smallest absolute Gasteiger partial charge is 0.261 e. The first-order valence-electron chi connectivity index (χ1n) is 4.09. The second-order valence-corrected chi connectivity index (χ2v) is 5.60. The summed E-state index contributed by atoms with van der Waals surface area (Å²) in [6.45, 7) is 1.35. The van der Waals surface area contributed by atoms with Crippen LogP contribution in [0.3, 0.4) is 0 Å². The van der Waals surface area contributed by atoms with Crippen LogP contribution in [0.25, 0.3) is 0 Å². The van der Waals surface area contributed by atoms with Crippen molar-refractivity contribution in [3.63, 3.8) is 0 Å². The predicted octanol–water partition coefficient (Wildman–Crippen LogP) is 1.09. The second kappa shape index (κ2) is 3.42. The third kappa shape index (κ3) is 1.84. The van der Waals surface area contributed by atoms with Gasteiger partial charge in [-0.3, -0.25) is 5.32 Å². The van der Waals surface area contributed by atoms with E-state index in [1.165, 1.54) is 6.07 Å². The average molecular weight is 233 g/mol. The topological polar surface area (TPSA) is 58.2 Å². The molecule has 0 fully saturated rings. The fourth-order valence-corrected chi connectivity index (χ4v) is 2.20. The van der Waals surface area contributed by atoms with Gasteiger partial charge in [-0.15, -0.1) is 0 Å². The minimum atomic E-state index is -3.62. The van der Waals surface area contributed by atoms with E-state index in [2.05, 4.69) is 10.6 Å². The quantitative estimate of drug-likeness (QED) is 0.712. The summed E-state index contributed by atoms with van der Waals surface area (Å²) in [5.41, 5.74) is 1.87. The summed E-state index contributed by atoms with van der Waals surface area (Å²) in [6.07, 6.45) is 0. The van der Waals surface area contributed by atoms with Gasteiger partial charge < -0.3 is 5.32 Å². The number of anilines is 1. The van der Waals surface area contributed by atoms with Gasteiger partial charge in [0.05, 0.1) is 11.6 Å². The molecule has 1 aromatic rings. The highest BCUT2D eigenvalue weighted by atomic mass is 35.7. The summed E-state index contributed by atoms with van der Waals surface area (Å²) in [4.78, 5) is 0.142. The first-order valence-corrected chi connectivity index (χ1v) is 6.40. The number of hydrogen-bond donors (Lipinski definition) is 2. The lowest BCUT2D eigenvalue weighted by Crippen LogP contribution is -2.27. The molecule has 0 aromatic heterocycles. The molecule has 76 valence electrons. The summed E-state index contributed by atoms with van der Waals surface area (Å²) in [7, 11) is 1.61. The molecule has 1 aliphatic rings. The van der Waals surface area contributed by atoms with E-state index in [9.17, 15) is 8.42 Å². The van der Waals surface area contributed by atoms with Crippen LogP contribution in [0.2, 0.25) is 0 Å². The molecule has 0 saturated heterocycles. The maximum absolute atomic E-state index is 11.0. The Morgan fingerprint density at radius 2 is 2.14 bits per heavy atom. The number of halogens is 1. The molecule has 2 N–H and O–H groups in total. The van der Waals surface area contributed by atoms with Gasteiger partial charge in [0, 0.05) is 22.9 Å². The molecule has 1 heterocycles. The van der Waals surface area contributed by atoms with Crippen LogP contribution in [0.5, 0.6) is 0 Å². The molecule has 0 bridgehead atoms. The Bertz CT molecular complexity index is 458. The van der Waals surface area contributed by atoms with Gasteiger partial charge in [-0.05, 0) is 23.8 Å². The first kappa shape index (κ1) is 9.76. The molecule has 1 aliphatic heterocycles. The van der Waals surface area contributed by atoms with Crippen molar-refractivity contribution in [3.05, 3.63) is 23.8 Å². The molecule has 0 spiro atoms. The highest BCUT2D eigenvalue weighted by molar-refractivity contribution is 8.13. The third-order valence-corrected chi connectivity index (χ3v) is 3.43. The Labute approximate surface area is 86.7 Å². The van der Waals surface area contributed by atoms with Crippen LogP contribution in [-0.2, 0) is 15.6 Å². The maximum Gasteiger partial charge on any atom is 0.261 e. The zero-order valence-corrected chi connectivity index (χ0v) is 8.82. The zero-order chi connectivity index (χ0) is 10.2. The van der Waals surface area contributed by atoms with E-state index in [1.807, 2.05) is 0 Å². The van der Waals surface area contributed by atoms with Gasteiger partial charge in [-0.2, -0.15) is 0 Å². The minimum Gasteiger partial charge on any atom is -0.372 e. The van der Waals surface area contributed by atoms with E-state index in [1.54, 1.807) is 12.1 Å². The molecular formula is C8H9ClN2O2S. The maximum atomic E-state index is 11.0. The molecule has 1 aromatic carbocycles. The van der Waals surface area contributed by atoms with Crippen molar-refractivity contribution in [2.24, 2.45) is 0 Å². The van der Waals surface area contributed by atoms with Crippen LogP contribution in [0.15, 0.2) is 23.1 Å². The minimum absolute atomic E-state index is 0.142. The SMILES string of the molecule is O=S(=O)(Cl)c1ccc2c(c1)CNCN2. The van der Waals surface area contributed by atoms with Crippen molar-refractivity contribution < 1.29 is 8.42 Å². The Kier molecular flexibility index (Phi) is 2.38. The van der Waals surface area contributed by atoms with Crippen LogP contribution >= 0.6 is 10.7 Å². The lowest BCUT2D eigenvalue weighted by Gasteiger charge is -2.19. The van der Waals surface area contributed by atoms with Crippen molar-refractivity contribution in [2.75, 3.05) is 12.0 Å². The molecule has 0 radical (unpaired) electrons. The molecular weight excluding hydrogens is 224 g/mol. The van der Waals surface area contributed by atoms with E-state index in [0.717, 1.165) is 11.3 Å². The lowest BCUT2D eigenvalue weighted by atomic mass is 10.1. The molecule has 0 amide bonds. The van der Waals surface area contributed by atoms with Crippen molar-refractivity contribution in [1.29, 1.82) is 0 Å². The molecule has 0 saturated carbocycles. The van der Waals surface area contributed by atoms with Crippen molar-refractivity contribution in [3.8, 4) is 0 Å². The average Bonchev–Trinajstić information content (AvgIpc) is 2.16. The van der Waals surface area contributed by atoms with Gasteiger partial charge in [-0.1, -0.05) is 0 Å². The van der Waals surface area contributed by atoms with E-state index >= 15 is 0 Å². The largest absolute Gasteiger partial charge is 0.372 e. The third-order valence-electron chi connectivity index (χ3n) is 2.08.